The van der Waals surface area contributed by atoms with Crippen molar-refractivity contribution in [3.63, 3.8) is 0 Å². The molecule has 0 aliphatic heterocycles. The predicted molar refractivity (Wildman–Crippen MR) is 69.9 cm³/mol. The second-order valence-corrected chi connectivity index (χ2v) is 4.55. The molecule has 0 aliphatic carbocycles. The van der Waals surface area contributed by atoms with Crippen LogP contribution >= 0.6 is 23.2 Å². The summed E-state index contributed by atoms with van der Waals surface area (Å²) in [6.45, 7) is 3.88. The summed E-state index contributed by atoms with van der Waals surface area (Å²) >= 11 is 12.3. The summed E-state index contributed by atoms with van der Waals surface area (Å²) in [5.74, 6) is 0.417. The Balaban J connectivity index is 2.64. The zero-order valence-electron chi connectivity index (χ0n) is 9.54. The van der Waals surface area contributed by atoms with E-state index in [1.165, 1.54) is 0 Å². The molecule has 17 heavy (non-hydrogen) atoms. The molecular weight excluding hydrogens is 259 g/mol. The second-order valence-electron chi connectivity index (χ2n) is 3.74. The van der Waals surface area contributed by atoms with Crippen molar-refractivity contribution in [1.82, 2.24) is 15.0 Å². The van der Waals surface area contributed by atoms with Crippen LogP contribution in [0.3, 0.4) is 0 Å². The summed E-state index contributed by atoms with van der Waals surface area (Å²) < 4.78 is 1.63. The number of nitrogens with two attached hydrogens (primary N) is 1. The summed E-state index contributed by atoms with van der Waals surface area (Å²) in [4.78, 5) is 0. The van der Waals surface area contributed by atoms with Crippen molar-refractivity contribution in [2.45, 2.75) is 20.3 Å². The first kappa shape index (κ1) is 12.2. The van der Waals surface area contributed by atoms with Gasteiger partial charge in [0.25, 0.3) is 0 Å². The maximum atomic E-state index is 6.19. The SMILES string of the molecule is CCc1c(N)nnn1-c1cc(Cl)c(C)cc1Cl. The maximum absolute atomic E-state index is 6.19. The monoisotopic (exact) mass is 270 g/mol. The molecule has 1 aromatic carbocycles. The smallest absolute Gasteiger partial charge is 0.169 e. The minimum atomic E-state index is 0.417. The molecule has 2 aromatic rings. The van der Waals surface area contributed by atoms with E-state index in [1.54, 1.807) is 16.8 Å². The Labute approximate surface area is 109 Å². The molecule has 0 bridgehead atoms. The van der Waals surface area contributed by atoms with Crippen molar-refractivity contribution < 1.29 is 0 Å². The van der Waals surface area contributed by atoms with Crippen LogP contribution in [0.15, 0.2) is 12.1 Å². The minimum absolute atomic E-state index is 0.417. The Morgan fingerprint density at radius 1 is 1.29 bits per heavy atom. The lowest BCUT2D eigenvalue weighted by Gasteiger charge is -2.09. The lowest BCUT2D eigenvalue weighted by atomic mass is 10.2. The van der Waals surface area contributed by atoms with Gasteiger partial charge in [0.2, 0.25) is 0 Å². The molecule has 4 nitrogen and oxygen atoms in total. The Kier molecular flexibility index (Phi) is 3.26. The number of aryl methyl sites for hydroxylation is 1. The first-order valence-electron chi connectivity index (χ1n) is 5.20. The van der Waals surface area contributed by atoms with E-state index in [1.807, 2.05) is 13.8 Å². The minimum Gasteiger partial charge on any atom is -0.381 e. The van der Waals surface area contributed by atoms with Gasteiger partial charge in [0.1, 0.15) is 0 Å². The van der Waals surface area contributed by atoms with Crippen LogP contribution in [-0.4, -0.2) is 15.0 Å². The Bertz CT molecular complexity index is 563. The van der Waals surface area contributed by atoms with Crippen molar-refractivity contribution in [3.8, 4) is 5.69 Å². The fourth-order valence-corrected chi connectivity index (χ4v) is 2.09. The Morgan fingerprint density at radius 2 is 2.00 bits per heavy atom. The fraction of sp³-hybridized carbons (Fsp3) is 0.273. The van der Waals surface area contributed by atoms with Crippen LogP contribution < -0.4 is 5.73 Å². The van der Waals surface area contributed by atoms with E-state index in [4.69, 9.17) is 28.9 Å². The van der Waals surface area contributed by atoms with Gasteiger partial charge < -0.3 is 5.73 Å². The number of nitrogens with zero attached hydrogens (tertiary/aromatic N) is 3. The number of aromatic nitrogens is 3. The average molecular weight is 271 g/mol. The third-order valence-electron chi connectivity index (χ3n) is 2.58. The molecule has 1 aromatic heterocycles. The number of rotatable bonds is 2. The first-order chi connectivity index (χ1) is 8.04. The van der Waals surface area contributed by atoms with E-state index in [-0.39, 0.29) is 0 Å². The number of anilines is 1. The van der Waals surface area contributed by atoms with Gasteiger partial charge >= 0.3 is 0 Å². The van der Waals surface area contributed by atoms with Gasteiger partial charge in [-0.25, -0.2) is 4.68 Å². The van der Waals surface area contributed by atoms with Crippen LogP contribution in [0, 0.1) is 6.92 Å². The van der Waals surface area contributed by atoms with Crippen LogP contribution in [0.4, 0.5) is 5.82 Å². The van der Waals surface area contributed by atoms with Crippen molar-refractivity contribution >= 4 is 29.0 Å². The van der Waals surface area contributed by atoms with Crippen molar-refractivity contribution in [2.75, 3.05) is 5.73 Å². The zero-order chi connectivity index (χ0) is 12.6. The number of halogens is 2. The molecule has 2 N–H and O–H groups in total. The molecule has 0 unspecified atom stereocenters. The standard InChI is InChI=1S/C11H12Cl2N4/c1-3-9-11(14)15-16-17(9)10-5-7(12)6(2)4-8(10)13/h4-5H,3,14H2,1-2H3. The largest absolute Gasteiger partial charge is 0.381 e. The van der Waals surface area contributed by atoms with Crippen LogP contribution in [0.5, 0.6) is 0 Å². The molecule has 0 spiro atoms. The van der Waals surface area contributed by atoms with Crippen LogP contribution in [0.2, 0.25) is 10.0 Å². The van der Waals surface area contributed by atoms with E-state index in [0.29, 0.717) is 21.6 Å². The Morgan fingerprint density at radius 3 is 2.65 bits per heavy atom. The molecule has 1 heterocycles. The van der Waals surface area contributed by atoms with Gasteiger partial charge in [0.15, 0.2) is 5.82 Å². The molecule has 0 aliphatic rings. The molecule has 0 saturated carbocycles. The van der Waals surface area contributed by atoms with E-state index in [0.717, 1.165) is 17.7 Å². The lowest BCUT2D eigenvalue weighted by molar-refractivity contribution is 0.767. The van der Waals surface area contributed by atoms with Crippen molar-refractivity contribution in [2.24, 2.45) is 0 Å². The molecule has 2 rings (SSSR count). The predicted octanol–water partition coefficient (Wildman–Crippen LogP) is 3.03. The zero-order valence-corrected chi connectivity index (χ0v) is 11.0. The number of nitrogen functional groups attached to an aromatic ring is 1. The van der Waals surface area contributed by atoms with Crippen LogP contribution in [-0.2, 0) is 6.42 Å². The highest BCUT2D eigenvalue weighted by atomic mass is 35.5. The summed E-state index contributed by atoms with van der Waals surface area (Å²) in [6.07, 6.45) is 0.723. The maximum Gasteiger partial charge on any atom is 0.169 e. The molecule has 90 valence electrons. The number of hydrogen-bond acceptors (Lipinski definition) is 3. The molecule has 0 amide bonds. The summed E-state index contributed by atoms with van der Waals surface area (Å²) in [7, 11) is 0. The molecular formula is C11H12Cl2N4. The van der Waals surface area contributed by atoms with Gasteiger partial charge in [-0.1, -0.05) is 35.3 Å². The van der Waals surface area contributed by atoms with Crippen molar-refractivity contribution in [3.05, 3.63) is 33.4 Å². The third-order valence-corrected chi connectivity index (χ3v) is 3.29. The fourth-order valence-electron chi connectivity index (χ4n) is 1.64. The highest BCUT2D eigenvalue weighted by Crippen LogP contribution is 2.28. The average Bonchev–Trinajstić information content (AvgIpc) is 2.64. The second kappa shape index (κ2) is 4.55. The Hall–Kier alpha value is -1.26. The molecule has 0 saturated heterocycles. The summed E-state index contributed by atoms with van der Waals surface area (Å²) in [6, 6.07) is 3.57. The van der Waals surface area contributed by atoms with Gasteiger partial charge in [-0.3, -0.25) is 0 Å². The lowest BCUT2D eigenvalue weighted by Crippen LogP contribution is -2.04. The normalized spacial score (nSPS) is 10.8. The van der Waals surface area contributed by atoms with Crippen molar-refractivity contribution in [1.29, 1.82) is 0 Å². The molecule has 0 atom stereocenters. The summed E-state index contributed by atoms with van der Waals surface area (Å²) in [5.41, 5.74) is 8.18. The van der Waals surface area contributed by atoms with Gasteiger partial charge in [0, 0.05) is 5.02 Å². The van der Waals surface area contributed by atoms with Gasteiger partial charge in [-0.2, -0.15) is 0 Å². The quantitative estimate of drug-likeness (QED) is 0.913. The van der Waals surface area contributed by atoms with Crippen LogP contribution in [0.25, 0.3) is 5.69 Å². The van der Waals surface area contributed by atoms with E-state index in [2.05, 4.69) is 10.3 Å². The number of benzene rings is 1. The van der Waals surface area contributed by atoms with Gasteiger partial charge in [0.05, 0.1) is 16.4 Å². The van der Waals surface area contributed by atoms with Gasteiger partial charge in [-0.05, 0) is 31.0 Å². The van der Waals surface area contributed by atoms with E-state index < -0.39 is 0 Å². The highest BCUT2D eigenvalue weighted by Gasteiger charge is 2.14. The molecule has 6 heteroatoms. The van der Waals surface area contributed by atoms with Crippen LogP contribution in [0.1, 0.15) is 18.2 Å². The van der Waals surface area contributed by atoms with E-state index >= 15 is 0 Å². The molecule has 0 radical (unpaired) electrons. The third kappa shape index (κ3) is 2.10. The number of hydrogen-bond donors (Lipinski definition) is 1. The summed E-state index contributed by atoms with van der Waals surface area (Å²) in [5, 5.41) is 9.05. The topological polar surface area (TPSA) is 56.7 Å². The van der Waals surface area contributed by atoms with Gasteiger partial charge in [-0.15, -0.1) is 5.10 Å². The molecule has 0 fully saturated rings. The first-order valence-corrected chi connectivity index (χ1v) is 5.96. The van der Waals surface area contributed by atoms with E-state index in [9.17, 15) is 0 Å². The highest BCUT2D eigenvalue weighted by molar-refractivity contribution is 6.35.